The van der Waals surface area contributed by atoms with Crippen LogP contribution in [0.4, 0.5) is 11.4 Å². The van der Waals surface area contributed by atoms with Gasteiger partial charge in [0.1, 0.15) is 0 Å². The maximum absolute atomic E-state index is 12.7. The van der Waals surface area contributed by atoms with Gasteiger partial charge in [0.25, 0.3) is 5.91 Å². The van der Waals surface area contributed by atoms with Gasteiger partial charge in [0.05, 0.1) is 16.9 Å². The third-order valence-corrected chi connectivity index (χ3v) is 4.32. The molecule has 0 atom stereocenters. The van der Waals surface area contributed by atoms with Crippen LogP contribution in [0, 0.1) is 0 Å². The highest BCUT2D eigenvalue weighted by Gasteiger charge is 2.34. The molecule has 2 aromatic carbocycles. The first-order valence-corrected chi connectivity index (χ1v) is 7.29. The van der Waals surface area contributed by atoms with E-state index in [2.05, 4.69) is 0 Å². The van der Waals surface area contributed by atoms with Crippen LogP contribution < -0.4 is 10.6 Å². The summed E-state index contributed by atoms with van der Waals surface area (Å²) in [5, 5.41) is 0. The lowest BCUT2D eigenvalue weighted by Gasteiger charge is -2.34. The number of rotatable bonds is 1. The van der Waals surface area contributed by atoms with Gasteiger partial charge in [0, 0.05) is 9.79 Å². The number of amides is 1. The van der Waals surface area contributed by atoms with Crippen LogP contribution in [0.2, 0.25) is 0 Å². The van der Waals surface area contributed by atoms with Gasteiger partial charge in [-0.05, 0) is 38.1 Å². The van der Waals surface area contributed by atoms with E-state index in [1.165, 1.54) is 0 Å². The number of benzene rings is 2. The van der Waals surface area contributed by atoms with Crippen molar-refractivity contribution in [1.29, 1.82) is 0 Å². The van der Waals surface area contributed by atoms with Crippen molar-refractivity contribution in [3.8, 4) is 0 Å². The van der Waals surface area contributed by atoms with Crippen LogP contribution in [0.5, 0.6) is 0 Å². The summed E-state index contributed by atoms with van der Waals surface area (Å²) in [4.78, 5) is 16.6. The molecule has 3 rings (SSSR count). The lowest BCUT2D eigenvalue weighted by atomic mass is 10.0. The molecule has 0 radical (unpaired) electrons. The molecule has 2 aromatic rings. The first-order valence-electron chi connectivity index (χ1n) is 6.48. The van der Waals surface area contributed by atoms with Gasteiger partial charge in [0.2, 0.25) is 0 Å². The van der Waals surface area contributed by atoms with Crippen molar-refractivity contribution in [2.24, 2.45) is 5.73 Å². The highest BCUT2D eigenvalue weighted by atomic mass is 32.2. The van der Waals surface area contributed by atoms with Crippen LogP contribution in [-0.2, 0) is 4.79 Å². The van der Waals surface area contributed by atoms with E-state index in [4.69, 9.17) is 5.73 Å². The Labute approximate surface area is 122 Å². The summed E-state index contributed by atoms with van der Waals surface area (Å²) in [7, 11) is 0. The molecule has 20 heavy (non-hydrogen) atoms. The van der Waals surface area contributed by atoms with Crippen LogP contribution in [0.15, 0.2) is 58.3 Å². The number of hydrogen-bond acceptors (Lipinski definition) is 3. The summed E-state index contributed by atoms with van der Waals surface area (Å²) < 4.78 is 0. The lowest BCUT2D eigenvalue weighted by Crippen LogP contribution is -2.50. The Morgan fingerprint density at radius 2 is 1.45 bits per heavy atom. The highest BCUT2D eigenvalue weighted by molar-refractivity contribution is 7.99. The topological polar surface area (TPSA) is 46.3 Å². The number of para-hydroxylation sites is 2. The Kier molecular flexibility index (Phi) is 3.07. The van der Waals surface area contributed by atoms with Crippen LogP contribution in [0.3, 0.4) is 0 Å². The second-order valence-electron chi connectivity index (χ2n) is 5.40. The van der Waals surface area contributed by atoms with E-state index < -0.39 is 5.54 Å². The van der Waals surface area contributed by atoms with Crippen molar-refractivity contribution in [1.82, 2.24) is 0 Å². The predicted octanol–water partition coefficient (Wildman–Crippen LogP) is 3.55. The van der Waals surface area contributed by atoms with Crippen LogP contribution >= 0.6 is 11.8 Å². The molecular weight excluding hydrogens is 268 g/mol. The van der Waals surface area contributed by atoms with E-state index in [0.29, 0.717) is 0 Å². The van der Waals surface area contributed by atoms with Gasteiger partial charge in [-0.25, -0.2) is 0 Å². The van der Waals surface area contributed by atoms with E-state index in [1.807, 2.05) is 48.5 Å². The molecule has 4 heteroatoms. The summed E-state index contributed by atoms with van der Waals surface area (Å²) in [6, 6.07) is 15.8. The molecule has 1 heterocycles. The molecule has 0 saturated heterocycles. The molecule has 0 aromatic heterocycles. The van der Waals surface area contributed by atoms with Gasteiger partial charge in [0.15, 0.2) is 0 Å². The fourth-order valence-electron chi connectivity index (χ4n) is 2.21. The van der Waals surface area contributed by atoms with Crippen molar-refractivity contribution in [3.63, 3.8) is 0 Å². The van der Waals surface area contributed by atoms with E-state index in [1.54, 1.807) is 30.5 Å². The molecule has 0 aliphatic carbocycles. The van der Waals surface area contributed by atoms with E-state index in [9.17, 15) is 4.79 Å². The van der Waals surface area contributed by atoms with Gasteiger partial charge in [-0.1, -0.05) is 36.0 Å². The standard InChI is InChI=1S/C16H16N2OS/c1-16(2,17)15(19)18-11-7-3-5-9-13(11)20-14-10-6-4-8-12(14)18/h3-10H,17H2,1-2H3. The Hall–Kier alpha value is -1.78. The largest absolute Gasteiger partial charge is 0.318 e. The van der Waals surface area contributed by atoms with Crippen molar-refractivity contribution >= 4 is 29.0 Å². The van der Waals surface area contributed by atoms with Crippen molar-refractivity contribution in [2.75, 3.05) is 4.90 Å². The van der Waals surface area contributed by atoms with Crippen LogP contribution in [0.1, 0.15) is 13.8 Å². The fraction of sp³-hybridized carbons (Fsp3) is 0.188. The third kappa shape index (κ3) is 2.11. The number of fused-ring (bicyclic) bond motifs is 2. The van der Waals surface area contributed by atoms with Gasteiger partial charge < -0.3 is 5.73 Å². The maximum Gasteiger partial charge on any atom is 0.251 e. The molecule has 1 aliphatic rings. The van der Waals surface area contributed by atoms with Gasteiger partial charge in [-0.15, -0.1) is 0 Å². The Balaban J connectivity index is 2.20. The highest BCUT2D eigenvalue weighted by Crippen LogP contribution is 2.48. The summed E-state index contributed by atoms with van der Waals surface area (Å²) in [6.45, 7) is 3.48. The van der Waals surface area contributed by atoms with Crippen molar-refractivity contribution in [3.05, 3.63) is 48.5 Å². The Morgan fingerprint density at radius 1 is 1.00 bits per heavy atom. The molecule has 0 saturated carbocycles. The predicted molar refractivity (Wildman–Crippen MR) is 82.4 cm³/mol. The van der Waals surface area contributed by atoms with Gasteiger partial charge in [-0.2, -0.15) is 0 Å². The average Bonchev–Trinajstić information content (AvgIpc) is 2.43. The van der Waals surface area contributed by atoms with Gasteiger partial charge >= 0.3 is 0 Å². The first kappa shape index (κ1) is 13.2. The minimum atomic E-state index is -0.914. The van der Waals surface area contributed by atoms with Crippen LogP contribution in [-0.4, -0.2) is 11.4 Å². The minimum Gasteiger partial charge on any atom is -0.318 e. The summed E-state index contributed by atoms with van der Waals surface area (Å²) >= 11 is 1.68. The van der Waals surface area contributed by atoms with Gasteiger partial charge in [-0.3, -0.25) is 9.69 Å². The molecule has 0 bridgehead atoms. The molecule has 2 N–H and O–H groups in total. The normalized spacial score (nSPS) is 13.7. The van der Waals surface area contributed by atoms with E-state index in [0.717, 1.165) is 21.2 Å². The van der Waals surface area contributed by atoms with E-state index >= 15 is 0 Å². The smallest absolute Gasteiger partial charge is 0.251 e. The zero-order valence-electron chi connectivity index (χ0n) is 11.5. The summed E-state index contributed by atoms with van der Waals surface area (Å²) in [6.07, 6.45) is 0. The SMILES string of the molecule is CC(C)(N)C(=O)N1c2ccccc2Sc2ccccc21. The number of nitrogens with zero attached hydrogens (tertiary/aromatic N) is 1. The monoisotopic (exact) mass is 284 g/mol. The molecule has 3 nitrogen and oxygen atoms in total. The molecule has 0 spiro atoms. The maximum atomic E-state index is 12.7. The first-order chi connectivity index (χ1) is 9.48. The van der Waals surface area contributed by atoms with Crippen molar-refractivity contribution < 1.29 is 4.79 Å². The molecule has 1 aliphatic heterocycles. The van der Waals surface area contributed by atoms with E-state index in [-0.39, 0.29) is 5.91 Å². The number of hydrogen-bond donors (Lipinski definition) is 1. The minimum absolute atomic E-state index is 0.0994. The lowest BCUT2D eigenvalue weighted by molar-refractivity contribution is -0.121. The van der Waals surface area contributed by atoms with Crippen LogP contribution in [0.25, 0.3) is 0 Å². The van der Waals surface area contributed by atoms with Crippen molar-refractivity contribution in [2.45, 2.75) is 29.2 Å². The Bertz CT molecular complexity index is 631. The number of anilines is 2. The molecule has 102 valence electrons. The molecule has 0 fully saturated rings. The number of carbonyl (C=O) groups excluding carboxylic acids is 1. The number of carbonyl (C=O) groups is 1. The Morgan fingerprint density at radius 3 is 1.90 bits per heavy atom. The summed E-state index contributed by atoms with van der Waals surface area (Å²) in [5.74, 6) is -0.0994. The zero-order chi connectivity index (χ0) is 14.3. The zero-order valence-corrected chi connectivity index (χ0v) is 12.3. The second kappa shape index (κ2) is 4.65. The molecular formula is C16H16N2OS. The fourth-order valence-corrected chi connectivity index (χ4v) is 3.27. The summed E-state index contributed by atoms with van der Waals surface area (Å²) in [5.41, 5.74) is 6.92. The average molecular weight is 284 g/mol. The molecule has 1 amide bonds. The quantitative estimate of drug-likeness (QED) is 0.871. The molecule has 0 unspecified atom stereocenters. The number of nitrogens with two attached hydrogens (primary N) is 1. The third-order valence-electron chi connectivity index (χ3n) is 3.19. The second-order valence-corrected chi connectivity index (χ2v) is 6.48.